The number of hydrogen-bond donors (Lipinski definition) is 2. The summed E-state index contributed by atoms with van der Waals surface area (Å²) in [5, 5.41) is 4.70. The van der Waals surface area contributed by atoms with E-state index in [9.17, 15) is 4.79 Å². The summed E-state index contributed by atoms with van der Waals surface area (Å²) in [6, 6.07) is 12.5. The summed E-state index contributed by atoms with van der Waals surface area (Å²) in [6.45, 7) is 3.53. The third kappa shape index (κ3) is 5.00. The summed E-state index contributed by atoms with van der Waals surface area (Å²) in [4.78, 5) is 11.8. The van der Waals surface area contributed by atoms with Crippen molar-refractivity contribution in [3.63, 3.8) is 0 Å². The van der Waals surface area contributed by atoms with Crippen molar-refractivity contribution >= 4 is 28.9 Å². The molecule has 0 spiro atoms. The van der Waals surface area contributed by atoms with Crippen molar-refractivity contribution in [2.75, 3.05) is 12.3 Å². The van der Waals surface area contributed by atoms with Crippen molar-refractivity contribution in [2.24, 2.45) is 5.10 Å². The molecule has 0 saturated heterocycles. The molecule has 0 aliphatic heterocycles. The van der Waals surface area contributed by atoms with Gasteiger partial charge in [0.25, 0.3) is 5.91 Å². The maximum absolute atomic E-state index is 11.8. The Balaban J connectivity index is 1.89. The molecule has 6 heteroatoms. The van der Waals surface area contributed by atoms with E-state index in [2.05, 4.69) is 10.5 Å². The molecule has 0 fully saturated rings. The number of carbonyl (C=O) groups excluding carboxylic acids is 1. The number of nitrogen functional groups attached to an aromatic ring is 1. The van der Waals surface area contributed by atoms with Gasteiger partial charge in [-0.2, -0.15) is 5.10 Å². The van der Waals surface area contributed by atoms with Gasteiger partial charge in [-0.3, -0.25) is 4.79 Å². The van der Waals surface area contributed by atoms with E-state index in [1.54, 1.807) is 37.3 Å². The summed E-state index contributed by atoms with van der Waals surface area (Å²) < 4.78 is 5.40. The predicted octanol–water partition coefficient (Wildman–Crippen LogP) is 3.15. The molecule has 0 heterocycles. The lowest BCUT2D eigenvalue weighted by molar-refractivity contribution is -0.123. The Hall–Kier alpha value is -2.53. The number of rotatable bonds is 5. The van der Waals surface area contributed by atoms with Crippen molar-refractivity contribution in [3.05, 3.63) is 58.6 Å². The summed E-state index contributed by atoms with van der Waals surface area (Å²) in [7, 11) is 0. The van der Waals surface area contributed by atoms with Gasteiger partial charge in [0.05, 0.1) is 5.71 Å². The quantitative estimate of drug-likeness (QED) is 0.502. The topological polar surface area (TPSA) is 76.7 Å². The van der Waals surface area contributed by atoms with Crippen LogP contribution in [0.1, 0.15) is 18.1 Å². The van der Waals surface area contributed by atoms with Crippen LogP contribution in [0.3, 0.4) is 0 Å². The number of amides is 1. The largest absolute Gasteiger partial charge is 0.484 e. The van der Waals surface area contributed by atoms with Crippen LogP contribution in [0.15, 0.2) is 47.6 Å². The number of nitrogens with one attached hydrogen (secondary N) is 1. The number of anilines is 1. The Morgan fingerprint density at radius 2 is 2.09 bits per heavy atom. The van der Waals surface area contributed by atoms with E-state index in [1.807, 2.05) is 19.1 Å². The van der Waals surface area contributed by atoms with Crippen molar-refractivity contribution in [3.8, 4) is 5.75 Å². The third-order valence-electron chi connectivity index (χ3n) is 3.15. The zero-order valence-corrected chi connectivity index (χ0v) is 13.7. The molecule has 1 amide bonds. The second-order valence-corrected chi connectivity index (χ2v) is 5.46. The van der Waals surface area contributed by atoms with Crippen molar-refractivity contribution < 1.29 is 9.53 Å². The van der Waals surface area contributed by atoms with Crippen LogP contribution in [0, 0.1) is 6.92 Å². The highest BCUT2D eigenvalue weighted by Gasteiger charge is 2.04. The fraction of sp³-hybridized carbons (Fsp3) is 0.176. The predicted molar refractivity (Wildman–Crippen MR) is 92.9 cm³/mol. The SMILES string of the molecule is CC(=NNC(=O)COc1ccc(Cl)c(C)c1)c1cccc(N)c1. The van der Waals surface area contributed by atoms with Crippen LogP contribution in [0.5, 0.6) is 5.75 Å². The molecule has 0 radical (unpaired) electrons. The molecular formula is C17H18ClN3O2. The van der Waals surface area contributed by atoms with Crippen LogP contribution < -0.4 is 15.9 Å². The molecular weight excluding hydrogens is 314 g/mol. The Morgan fingerprint density at radius 3 is 2.78 bits per heavy atom. The number of aryl methyl sites for hydroxylation is 1. The third-order valence-corrected chi connectivity index (χ3v) is 3.58. The molecule has 2 aromatic carbocycles. The number of hydrogen-bond acceptors (Lipinski definition) is 4. The first-order valence-corrected chi connectivity index (χ1v) is 7.41. The van der Waals surface area contributed by atoms with Crippen LogP contribution >= 0.6 is 11.6 Å². The molecule has 0 saturated carbocycles. The number of nitrogens with zero attached hydrogens (tertiary/aromatic N) is 1. The van der Waals surface area contributed by atoms with Crippen molar-refractivity contribution in [2.45, 2.75) is 13.8 Å². The second kappa shape index (κ2) is 7.65. The van der Waals surface area contributed by atoms with Gasteiger partial charge in [-0.1, -0.05) is 23.7 Å². The Labute approximate surface area is 140 Å². The fourth-order valence-electron chi connectivity index (χ4n) is 1.86. The van der Waals surface area contributed by atoms with E-state index in [-0.39, 0.29) is 12.5 Å². The molecule has 2 aromatic rings. The lowest BCUT2D eigenvalue weighted by atomic mass is 10.1. The number of ether oxygens (including phenoxy) is 1. The summed E-state index contributed by atoms with van der Waals surface area (Å²) in [5.41, 5.74) is 11.2. The number of benzene rings is 2. The summed E-state index contributed by atoms with van der Waals surface area (Å²) in [5.74, 6) is 0.236. The summed E-state index contributed by atoms with van der Waals surface area (Å²) in [6.07, 6.45) is 0. The zero-order chi connectivity index (χ0) is 16.8. The van der Waals surface area contributed by atoms with Gasteiger partial charge >= 0.3 is 0 Å². The van der Waals surface area contributed by atoms with Gasteiger partial charge in [-0.15, -0.1) is 0 Å². The maximum Gasteiger partial charge on any atom is 0.277 e. The lowest BCUT2D eigenvalue weighted by Crippen LogP contribution is -2.25. The molecule has 120 valence electrons. The first-order chi connectivity index (χ1) is 11.0. The highest BCUT2D eigenvalue weighted by molar-refractivity contribution is 6.31. The zero-order valence-electron chi connectivity index (χ0n) is 13.0. The molecule has 0 aliphatic rings. The number of halogens is 1. The Kier molecular flexibility index (Phi) is 5.60. The first-order valence-electron chi connectivity index (χ1n) is 7.03. The highest BCUT2D eigenvalue weighted by Crippen LogP contribution is 2.20. The minimum absolute atomic E-state index is 0.130. The number of carbonyl (C=O) groups is 1. The maximum atomic E-state index is 11.8. The minimum atomic E-state index is -0.346. The second-order valence-electron chi connectivity index (χ2n) is 5.06. The van der Waals surface area contributed by atoms with E-state index in [4.69, 9.17) is 22.1 Å². The van der Waals surface area contributed by atoms with E-state index >= 15 is 0 Å². The van der Waals surface area contributed by atoms with E-state index < -0.39 is 0 Å². The van der Waals surface area contributed by atoms with Gasteiger partial charge < -0.3 is 10.5 Å². The van der Waals surface area contributed by atoms with Crippen molar-refractivity contribution in [1.82, 2.24) is 5.43 Å². The van der Waals surface area contributed by atoms with E-state index in [0.717, 1.165) is 11.1 Å². The minimum Gasteiger partial charge on any atom is -0.484 e. The van der Waals surface area contributed by atoms with Crippen LogP contribution in [0.25, 0.3) is 0 Å². The van der Waals surface area contributed by atoms with E-state index in [1.165, 1.54) is 0 Å². The van der Waals surface area contributed by atoms with Gasteiger partial charge in [0, 0.05) is 10.7 Å². The van der Waals surface area contributed by atoms with Gasteiger partial charge in [-0.05, 0) is 55.3 Å². The number of hydrazone groups is 1. The standard InChI is InChI=1S/C17H18ClN3O2/c1-11-8-15(6-7-16(11)18)23-10-17(22)21-20-12(2)13-4-3-5-14(19)9-13/h3-9H,10,19H2,1-2H3,(H,21,22). The van der Waals surface area contributed by atoms with Gasteiger partial charge in [0.1, 0.15) is 5.75 Å². The molecule has 0 aromatic heterocycles. The van der Waals surface area contributed by atoms with Crippen LogP contribution in [-0.4, -0.2) is 18.2 Å². The Bertz CT molecular complexity index is 744. The molecule has 5 nitrogen and oxygen atoms in total. The van der Waals surface area contributed by atoms with Gasteiger partial charge in [0.15, 0.2) is 6.61 Å². The van der Waals surface area contributed by atoms with E-state index in [0.29, 0.717) is 22.2 Å². The molecule has 23 heavy (non-hydrogen) atoms. The molecule has 0 aliphatic carbocycles. The molecule has 0 unspecified atom stereocenters. The van der Waals surface area contributed by atoms with Crippen LogP contribution in [0.4, 0.5) is 5.69 Å². The average molecular weight is 332 g/mol. The average Bonchev–Trinajstić information content (AvgIpc) is 2.53. The highest BCUT2D eigenvalue weighted by atomic mass is 35.5. The van der Waals surface area contributed by atoms with Gasteiger partial charge in [0.2, 0.25) is 0 Å². The molecule has 3 N–H and O–H groups in total. The molecule has 0 bridgehead atoms. The fourth-order valence-corrected chi connectivity index (χ4v) is 1.98. The van der Waals surface area contributed by atoms with Crippen molar-refractivity contribution in [1.29, 1.82) is 0 Å². The van der Waals surface area contributed by atoms with Crippen LogP contribution in [0.2, 0.25) is 5.02 Å². The molecule has 0 atom stereocenters. The summed E-state index contributed by atoms with van der Waals surface area (Å²) >= 11 is 5.94. The van der Waals surface area contributed by atoms with Gasteiger partial charge in [-0.25, -0.2) is 5.43 Å². The monoisotopic (exact) mass is 331 g/mol. The van der Waals surface area contributed by atoms with Crippen LogP contribution in [-0.2, 0) is 4.79 Å². The first kappa shape index (κ1) is 16.8. The Morgan fingerprint density at radius 1 is 1.30 bits per heavy atom. The molecule has 2 rings (SSSR count). The smallest absolute Gasteiger partial charge is 0.277 e. The lowest BCUT2D eigenvalue weighted by Gasteiger charge is -2.07. The normalized spacial score (nSPS) is 11.2. The number of nitrogens with two attached hydrogens (primary N) is 1.